The average molecular weight is 271 g/mol. The number of anilines is 2. The van der Waals surface area contributed by atoms with Crippen LogP contribution in [-0.2, 0) is 6.42 Å². The van der Waals surface area contributed by atoms with Crippen LogP contribution < -0.4 is 10.2 Å². The van der Waals surface area contributed by atoms with Gasteiger partial charge in [0, 0.05) is 25.6 Å². The van der Waals surface area contributed by atoms with Crippen LogP contribution in [0.5, 0.6) is 0 Å². The Kier molecular flexibility index (Phi) is 3.90. The molecule has 20 heavy (non-hydrogen) atoms. The molecule has 4 heteroatoms. The number of hydrogen-bond donors (Lipinski definition) is 1. The Balaban J connectivity index is 1.57. The van der Waals surface area contributed by atoms with E-state index in [2.05, 4.69) is 34.3 Å². The van der Waals surface area contributed by atoms with Crippen molar-refractivity contribution in [3.63, 3.8) is 0 Å². The van der Waals surface area contributed by atoms with E-state index in [0.29, 0.717) is 6.04 Å². The van der Waals surface area contributed by atoms with Crippen LogP contribution in [0.2, 0.25) is 0 Å². The Morgan fingerprint density at radius 3 is 2.80 bits per heavy atom. The van der Waals surface area contributed by atoms with Crippen molar-refractivity contribution in [3.05, 3.63) is 42.5 Å². The lowest BCUT2D eigenvalue weighted by Crippen LogP contribution is -2.20. The molecule has 1 fully saturated rings. The Labute approximate surface area is 119 Å². The normalized spacial score (nSPS) is 16.4. The fourth-order valence-electron chi connectivity index (χ4n) is 2.67. The zero-order chi connectivity index (χ0) is 13.8. The van der Waals surface area contributed by atoms with E-state index in [9.17, 15) is 0 Å². The summed E-state index contributed by atoms with van der Waals surface area (Å²) in [6.45, 7) is 4.42. The molecule has 1 saturated heterocycles. The molecule has 1 N–H and O–H groups in total. The molecule has 0 radical (unpaired) electrons. The minimum absolute atomic E-state index is 0.320. The lowest BCUT2D eigenvalue weighted by Gasteiger charge is -2.18. The lowest BCUT2D eigenvalue weighted by atomic mass is 10.2. The highest BCUT2D eigenvalue weighted by Gasteiger charge is 2.13. The van der Waals surface area contributed by atoms with E-state index < -0.39 is 0 Å². The third-order valence-electron chi connectivity index (χ3n) is 3.68. The van der Waals surface area contributed by atoms with Crippen molar-refractivity contribution in [1.29, 1.82) is 0 Å². The highest BCUT2D eigenvalue weighted by atomic mass is 16.3. The molecule has 3 heterocycles. The van der Waals surface area contributed by atoms with Gasteiger partial charge in [0.05, 0.1) is 18.1 Å². The van der Waals surface area contributed by atoms with Crippen LogP contribution in [0.3, 0.4) is 0 Å². The van der Waals surface area contributed by atoms with Crippen LogP contribution >= 0.6 is 0 Å². The molecule has 1 aliphatic heterocycles. The maximum Gasteiger partial charge on any atom is 0.128 e. The predicted octanol–water partition coefficient (Wildman–Crippen LogP) is 3.32. The average Bonchev–Trinajstić information content (AvgIpc) is 3.12. The van der Waals surface area contributed by atoms with Crippen molar-refractivity contribution in [2.75, 3.05) is 23.3 Å². The van der Waals surface area contributed by atoms with Crippen LogP contribution in [0.15, 0.2) is 41.1 Å². The lowest BCUT2D eigenvalue weighted by molar-refractivity contribution is 0.498. The molecular weight excluding hydrogens is 250 g/mol. The molecule has 0 saturated carbocycles. The zero-order valence-corrected chi connectivity index (χ0v) is 11.9. The fourth-order valence-corrected chi connectivity index (χ4v) is 2.67. The highest BCUT2D eigenvalue weighted by Crippen LogP contribution is 2.19. The molecule has 2 aromatic rings. The Morgan fingerprint density at radius 1 is 1.30 bits per heavy atom. The molecule has 3 rings (SSSR count). The highest BCUT2D eigenvalue weighted by molar-refractivity contribution is 5.49. The molecule has 0 amide bonds. The van der Waals surface area contributed by atoms with Crippen LogP contribution in [0.4, 0.5) is 11.5 Å². The number of pyridine rings is 1. The number of nitrogens with one attached hydrogen (secondary N) is 1. The summed E-state index contributed by atoms with van der Waals surface area (Å²) < 4.78 is 5.37. The van der Waals surface area contributed by atoms with Gasteiger partial charge in [-0.05, 0) is 44.0 Å². The molecule has 1 atom stereocenters. The van der Waals surface area contributed by atoms with Crippen LogP contribution in [-0.4, -0.2) is 24.1 Å². The third kappa shape index (κ3) is 3.13. The first-order valence-corrected chi connectivity index (χ1v) is 7.31. The molecular formula is C16H21N3O. The van der Waals surface area contributed by atoms with E-state index in [1.54, 1.807) is 6.26 Å². The number of nitrogens with zero attached hydrogens (tertiary/aromatic N) is 2. The van der Waals surface area contributed by atoms with Gasteiger partial charge in [-0.2, -0.15) is 0 Å². The first kappa shape index (κ1) is 13.0. The Bertz CT molecular complexity index is 515. The SMILES string of the molecule is CC(Cc1ccco1)Nc1ccc(N2CCCC2)nc1. The van der Waals surface area contributed by atoms with E-state index in [1.807, 2.05) is 18.3 Å². The van der Waals surface area contributed by atoms with Gasteiger partial charge < -0.3 is 14.6 Å². The van der Waals surface area contributed by atoms with Gasteiger partial charge >= 0.3 is 0 Å². The molecule has 0 aromatic carbocycles. The van der Waals surface area contributed by atoms with Gasteiger partial charge in [0.1, 0.15) is 11.6 Å². The minimum Gasteiger partial charge on any atom is -0.469 e. The molecule has 0 aliphatic carbocycles. The van der Waals surface area contributed by atoms with E-state index in [0.717, 1.165) is 36.8 Å². The number of aromatic nitrogens is 1. The number of furan rings is 1. The predicted molar refractivity (Wildman–Crippen MR) is 81.2 cm³/mol. The van der Waals surface area contributed by atoms with Crippen molar-refractivity contribution in [3.8, 4) is 0 Å². The van der Waals surface area contributed by atoms with E-state index >= 15 is 0 Å². The summed E-state index contributed by atoms with van der Waals surface area (Å²) >= 11 is 0. The number of hydrogen-bond acceptors (Lipinski definition) is 4. The summed E-state index contributed by atoms with van der Waals surface area (Å²) in [5, 5.41) is 3.46. The fraction of sp³-hybridized carbons (Fsp3) is 0.438. The molecule has 0 spiro atoms. The zero-order valence-electron chi connectivity index (χ0n) is 11.9. The van der Waals surface area contributed by atoms with Gasteiger partial charge in [-0.25, -0.2) is 4.98 Å². The van der Waals surface area contributed by atoms with Gasteiger partial charge in [0.15, 0.2) is 0 Å². The monoisotopic (exact) mass is 271 g/mol. The first-order chi connectivity index (χ1) is 9.81. The van der Waals surface area contributed by atoms with E-state index in [4.69, 9.17) is 4.42 Å². The topological polar surface area (TPSA) is 41.3 Å². The van der Waals surface area contributed by atoms with Crippen LogP contribution in [0.1, 0.15) is 25.5 Å². The third-order valence-corrected chi connectivity index (χ3v) is 3.68. The Hall–Kier alpha value is -1.97. The van der Waals surface area contributed by atoms with Crippen molar-refractivity contribution in [2.24, 2.45) is 0 Å². The molecule has 4 nitrogen and oxygen atoms in total. The summed E-state index contributed by atoms with van der Waals surface area (Å²) in [4.78, 5) is 6.89. The van der Waals surface area contributed by atoms with Crippen molar-refractivity contribution >= 4 is 11.5 Å². The maximum atomic E-state index is 5.37. The summed E-state index contributed by atoms with van der Waals surface area (Å²) in [6, 6.07) is 8.47. The van der Waals surface area contributed by atoms with Crippen molar-refractivity contribution in [1.82, 2.24) is 4.98 Å². The van der Waals surface area contributed by atoms with Gasteiger partial charge in [0.25, 0.3) is 0 Å². The maximum absolute atomic E-state index is 5.37. The smallest absolute Gasteiger partial charge is 0.128 e. The minimum atomic E-state index is 0.320. The van der Waals surface area contributed by atoms with Crippen LogP contribution in [0, 0.1) is 0 Å². The molecule has 0 bridgehead atoms. The number of rotatable bonds is 5. The van der Waals surface area contributed by atoms with Gasteiger partial charge in [0.2, 0.25) is 0 Å². The van der Waals surface area contributed by atoms with E-state index in [-0.39, 0.29) is 0 Å². The Morgan fingerprint density at radius 2 is 2.15 bits per heavy atom. The second-order valence-corrected chi connectivity index (χ2v) is 5.43. The summed E-state index contributed by atoms with van der Waals surface area (Å²) in [5.74, 6) is 2.10. The van der Waals surface area contributed by atoms with Gasteiger partial charge in [-0.15, -0.1) is 0 Å². The molecule has 106 valence electrons. The molecule has 1 aliphatic rings. The van der Waals surface area contributed by atoms with Crippen molar-refractivity contribution in [2.45, 2.75) is 32.2 Å². The summed E-state index contributed by atoms with van der Waals surface area (Å²) in [6.07, 6.45) is 7.07. The first-order valence-electron chi connectivity index (χ1n) is 7.31. The molecule has 1 unspecified atom stereocenters. The second kappa shape index (κ2) is 5.99. The van der Waals surface area contributed by atoms with Gasteiger partial charge in [-0.1, -0.05) is 0 Å². The van der Waals surface area contributed by atoms with E-state index in [1.165, 1.54) is 12.8 Å². The summed E-state index contributed by atoms with van der Waals surface area (Å²) in [5.41, 5.74) is 1.06. The quantitative estimate of drug-likeness (QED) is 0.905. The second-order valence-electron chi connectivity index (χ2n) is 5.43. The van der Waals surface area contributed by atoms with Crippen LogP contribution in [0.25, 0.3) is 0 Å². The standard InChI is InChI=1S/C16H21N3O/c1-13(11-15-5-4-10-20-15)18-14-6-7-16(17-12-14)19-8-2-3-9-19/h4-7,10,12-13,18H,2-3,8-9,11H2,1H3. The van der Waals surface area contributed by atoms with Gasteiger partial charge in [-0.3, -0.25) is 0 Å². The van der Waals surface area contributed by atoms with Crippen molar-refractivity contribution < 1.29 is 4.42 Å². The molecule has 2 aromatic heterocycles. The summed E-state index contributed by atoms with van der Waals surface area (Å²) in [7, 11) is 0. The largest absolute Gasteiger partial charge is 0.469 e.